The minimum Gasteiger partial charge on any atom is -0.370 e. The van der Waals surface area contributed by atoms with Gasteiger partial charge in [0.2, 0.25) is 5.91 Å². The lowest BCUT2D eigenvalue weighted by Crippen LogP contribution is -2.24. The molecule has 5 heteroatoms. The molecule has 0 saturated heterocycles. The second-order valence-electron chi connectivity index (χ2n) is 4.71. The van der Waals surface area contributed by atoms with Gasteiger partial charge in [-0.3, -0.25) is 9.59 Å². The number of rotatable bonds is 6. The van der Waals surface area contributed by atoms with Crippen LogP contribution in [0.3, 0.4) is 0 Å². The van der Waals surface area contributed by atoms with E-state index in [-0.39, 0.29) is 18.4 Å². The highest BCUT2D eigenvalue weighted by Crippen LogP contribution is 2.10. The first kappa shape index (κ1) is 16.7. The Morgan fingerprint density at radius 2 is 2.05 bits per heavy atom. The van der Waals surface area contributed by atoms with Crippen molar-refractivity contribution < 1.29 is 9.59 Å². The Labute approximate surface area is 125 Å². The first-order valence-electron chi connectivity index (χ1n) is 6.90. The largest absolute Gasteiger partial charge is 0.370 e. The maximum Gasteiger partial charge on any atom is 0.251 e. The Morgan fingerprint density at radius 3 is 2.71 bits per heavy atom. The molecule has 0 spiro atoms. The summed E-state index contributed by atoms with van der Waals surface area (Å²) in [6, 6.07) is 5.39. The maximum absolute atomic E-state index is 12.0. The van der Waals surface area contributed by atoms with E-state index >= 15 is 0 Å². The zero-order valence-corrected chi connectivity index (χ0v) is 12.2. The van der Waals surface area contributed by atoms with Gasteiger partial charge in [0.15, 0.2) is 0 Å². The van der Waals surface area contributed by atoms with Crippen molar-refractivity contribution in [2.45, 2.75) is 26.2 Å². The predicted octanol–water partition coefficient (Wildman–Crippen LogP) is 0.691. The Morgan fingerprint density at radius 1 is 1.29 bits per heavy atom. The van der Waals surface area contributed by atoms with Crippen LogP contribution in [0.15, 0.2) is 18.2 Å². The molecular weight excluding hydrogens is 266 g/mol. The van der Waals surface area contributed by atoms with Gasteiger partial charge in [-0.1, -0.05) is 17.9 Å². The first-order chi connectivity index (χ1) is 10.0. The topological polar surface area (TPSA) is 98.2 Å². The van der Waals surface area contributed by atoms with Gasteiger partial charge in [0.1, 0.15) is 0 Å². The van der Waals surface area contributed by atoms with Gasteiger partial charge >= 0.3 is 0 Å². The molecular formula is C16H21N3O2. The van der Waals surface area contributed by atoms with Crippen molar-refractivity contribution in [2.24, 2.45) is 11.5 Å². The van der Waals surface area contributed by atoms with Crippen LogP contribution in [0.2, 0.25) is 0 Å². The average Bonchev–Trinajstić information content (AvgIpc) is 2.45. The SMILES string of the molecule is Cc1ccc(C(=O)NCCCCC(N)=O)cc1C#CCN. The van der Waals surface area contributed by atoms with Crippen molar-refractivity contribution >= 4 is 11.8 Å². The van der Waals surface area contributed by atoms with Crippen LogP contribution in [0.25, 0.3) is 0 Å². The molecule has 0 aliphatic carbocycles. The van der Waals surface area contributed by atoms with E-state index in [0.717, 1.165) is 17.5 Å². The quantitative estimate of drug-likeness (QED) is 0.530. The van der Waals surface area contributed by atoms with Crippen LogP contribution >= 0.6 is 0 Å². The molecule has 1 rings (SSSR count). The predicted molar refractivity (Wildman–Crippen MR) is 82.5 cm³/mol. The van der Waals surface area contributed by atoms with Gasteiger partial charge in [0, 0.05) is 24.1 Å². The lowest BCUT2D eigenvalue weighted by atomic mass is 10.0. The summed E-state index contributed by atoms with van der Waals surface area (Å²) in [5.74, 6) is 5.27. The van der Waals surface area contributed by atoms with E-state index < -0.39 is 0 Å². The number of aryl methyl sites for hydroxylation is 1. The van der Waals surface area contributed by atoms with Crippen LogP contribution < -0.4 is 16.8 Å². The molecule has 0 aliphatic heterocycles. The van der Waals surface area contributed by atoms with E-state index in [1.54, 1.807) is 12.1 Å². The van der Waals surface area contributed by atoms with Gasteiger partial charge in [0.25, 0.3) is 5.91 Å². The molecule has 1 aromatic carbocycles. The molecule has 5 N–H and O–H groups in total. The van der Waals surface area contributed by atoms with Gasteiger partial charge in [-0.05, 0) is 37.5 Å². The molecule has 0 aromatic heterocycles. The summed E-state index contributed by atoms with van der Waals surface area (Å²) < 4.78 is 0. The number of unbranched alkanes of at least 4 members (excludes halogenated alkanes) is 1. The van der Waals surface area contributed by atoms with E-state index in [0.29, 0.717) is 24.9 Å². The van der Waals surface area contributed by atoms with Crippen molar-refractivity contribution in [1.29, 1.82) is 0 Å². The summed E-state index contributed by atoms with van der Waals surface area (Å²) >= 11 is 0. The van der Waals surface area contributed by atoms with E-state index in [4.69, 9.17) is 11.5 Å². The van der Waals surface area contributed by atoms with E-state index in [2.05, 4.69) is 17.2 Å². The highest BCUT2D eigenvalue weighted by Gasteiger charge is 2.06. The summed E-state index contributed by atoms with van der Waals surface area (Å²) in [4.78, 5) is 22.6. The van der Waals surface area contributed by atoms with E-state index in [9.17, 15) is 9.59 Å². The lowest BCUT2D eigenvalue weighted by Gasteiger charge is -2.06. The highest BCUT2D eigenvalue weighted by molar-refractivity contribution is 5.94. The number of benzene rings is 1. The molecule has 0 bridgehead atoms. The van der Waals surface area contributed by atoms with Crippen LogP contribution in [0, 0.1) is 18.8 Å². The molecule has 5 nitrogen and oxygen atoms in total. The van der Waals surface area contributed by atoms with Crippen LogP contribution in [0.1, 0.15) is 40.7 Å². The van der Waals surface area contributed by atoms with Gasteiger partial charge in [-0.15, -0.1) is 0 Å². The summed E-state index contributed by atoms with van der Waals surface area (Å²) in [6.07, 6.45) is 1.75. The number of hydrogen-bond donors (Lipinski definition) is 3. The number of nitrogens with one attached hydrogen (secondary N) is 1. The number of primary amides is 1. The standard InChI is InChI=1S/C16H21N3O2/c1-12-7-8-14(11-13(12)5-4-9-17)16(21)19-10-3-2-6-15(18)20/h7-8,11H,2-3,6,9-10,17H2,1H3,(H2,18,20)(H,19,21). The van der Waals surface area contributed by atoms with Crippen LogP contribution in [-0.2, 0) is 4.79 Å². The molecule has 2 amide bonds. The van der Waals surface area contributed by atoms with Crippen LogP contribution in [0.4, 0.5) is 0 Å². The molecule has 1 aromatic rings. The van der Waals surface area contributed by atoms with Gasteiger partial charge < -0.3 is 16.8 Å². The van der Waals surface area contributed by atoms with Gasteiger partial charge in [-0.2, -0.15) is 0 Å². The number of hydrogen-bond acceptors (Lipinski definition) is 3. The second kappa shape index (κ2) is 8.77. The molecule has 0 radical (unpaired) electrons. The van der Waals surface area contributed by atoms with E-state index in [1.165, 1.54) is 0 Å². The molecule has 0 fully saturated rings. The van der Waals surface area contributed by atoms with Crippen molar-refractivity contribution in [2.75, 3.05) is 13.1 Å². The summed E-state index contributed by atoms with van der Waals surface area (Å²) in [6.45, 7) is 2.74. The molecule has 21 heavy (non-hydrogen) atoms. The number of carbonyl (C=O) groups is 2. The Hall–Kier alpha value is -2.32. The third kappa shape index (κ3) is 6.11. The fourth-order valence-electron chi connectivity index (χ4n) is 1.77. The average molecular weight is 287 g/mol. The van der Waals surface area contributed by atoms with Crippen molar-refractivity contribution in [3.63, 3.8) is 0 Å². The van der Waals surface area contributed by atoms with Gasteiger partial charge in [0.05, 0.1) is 6.54 Å². The normalized spacial score (nSPS) is 9.62. The minimum absolute atomic E-state index is 0.148. The molecule has 0 atom stereocenters. The van der Waals surface area contributed by atoms with Crippen LogP contribution in [0.5, 0.6) is 0 Å². The maximum atomic E-state index is 12.0. The minimum atomic E-state index is -0.317. The monoisotopic (exact) mass is 287 g/mol. The van der Waals surface area contributed by atoms with Crippen molar-refractivity contribution in [3.8, 4) is 11.8 Å². The third-order valence-corrected chi connectivity index (χ3v) is 2.96. The second-order valence-corrected chi connectivity index (χ2v) is 4.71. The summed E-state index contributed by atoms with van der Waals surface area (Å²) in [7, 11) is 0. The van der Waals surface area contributed by atoms with E-state index in [1.807, 2.05) is 13.0 Å². The number of carbonyl (C=O) groups excluding carboxylic acids is 2. The smallest absolute Gasteiger partial charge is 0.251 e. The number of amides is 2. The Kier molecular flexibility index (Phi) is 6.99. The highest BCUT2D eigenvalue weighted by atomic mass is 16.2. The molecule has 0 saturated carbocycles. The molecule has 0 aliphatic rings. The molecule has 112 valence electrons. The molecule has 0 heterocycles. The zero-order chi connectivity index (χ0) is 15.7. The molecule has 0 unspecified atom stereocenters. The lowest BCUT2D eigenvalue weighted by molar-refractivity contribution is -0.118. The Bertz CT molecular complexity index is 571. The Balaban J connectivity index is 2.56. The summed E-state index contributed by atoms with van der Waals surface area (Å²) in [5.41, 5.74) is 12.8. The summed E-state index contributed by atoms with van der Waals surface area (Å²) in [5, 5.41) is 2.81. The van der Waals surface area contributed by atoms with Gasteiger partial charge in [-0.25, -0.2) is 0 Å². The third-order valence-electron chi connectivity index (χ3n) is 2.96. The first-order valence-corrected chi connectivity index (χ1v) is 6.90. The fourth-order valence-corrected chi connectivity index (χ4v) is 1.77. The zero-order valence-electron chi connectivity index (χ0n) is 12.2. The van der Waals surface area contributed by atoms with Crippen LogP contribution in [-0.4, -0.2) is 24.9 Å². The van der Waals surface area contributed by atoms with Crippen molar-refractivity contribution in [1.82, 2.24) is 5.32 Å². The number of nitrogens with two attached hydrogens (primary N) is 2. The fraction of sp³-hybridized carbons (Fsp3) is 0.375. The van der Waals surface area contributed by atoms with Crippen molar-refractivity contribution in [3.05, 3.63) is 34.9 Å².